The lowest BCUT2D eigenvalue weighted by molar-refractivity contribution is -0.133. The fourth-order valence-corrected chi connectivity index (χ4v) is 2.28. The Balaban J connectivity index is 2.02. The van der Waals surface area contributed by atoms with Crippen LogP contribution in [0.25, 0.3) is 0 Å². The zero-order valence-electron chi connectivity index (χ0n) is 11.6. The first-order valence-corrected chi connectivity index (χ1v) is 6.61. The summed E-state index contributed by atoms with van der Waals surface area (Å²) < 4.78 is 1.37. The fourth-order valence-electron chi connectivity index (χ4n) is 2.28. The van der Waals surface area contributed by atoms with E-state index in [2.05, 4.69) is 13.8 Å². The van der Waals surface area contributed by atoms with Crippen LogP contribution in [0.1, 0.15) is 26.7 Å². The molecule has 1 amide bonds. The van der Waals surface area contributed by atoms with Gasteiger partial charge in [0.1, 0.15) is 6.54 Å². The van der Waals surface area contributed by atoms with E-state index in [1.165, 1.54) is 16.8 Å². The summed E-state index contributed by atoms with van der Waals surface area (Å²) in [5.41, 5.74) is 6.24. The average molecular weight is 263 g/mol. The quantitative estimate of drug-likeness (QED) is 0.868. The van der Waals surface area contributed by atoms with Crippen molar-refractivity contribution in [2.45, 2.75) is 33.2 Å². The van der Waals surface area contributed by atoms with Gasteiger partial charge in [-0.25, -0.2) is 0 Å². The first-order valence-electron chi connectivity index (χ1n) is 6.61. The Hall–Kier alpha value is -1.78. The number of piperidine rings is 1. The molecule has 19 heavy (non-hydrogen) atoms. The maximum atomic E-state index is 12.2. The molecule has 1 aromatic rings. The van der Waals surface area contributed by atoms with Crippen LogP contribution < -0.4 is 11.3 Å². The summed E-state index contributed by atoms with van der Waals surface area (Å²) in [4.78, 5) is 25.6. The van der Waals surface area contributed by atoms with E-state index in [0.29, 0.717) is 11.1 Å². The van der Waals surface area contributed by atoms with E-state index in [0.717, 1.165) is 25.9 Å². The average Bonchev–Trinajstić information content (AvgIpc) is 2.33. The van der Waals surface area contributed by atoms with Crippen LogP contribution >= 0.6 is 0 Å². The van der Waals surface area contributed by atoms with Gasteiger partial charge in [0.15, 0.2) is 0 Å². The first-order chi connectivity index (χ1) is 8.87. The lowest BCUT2D eigenvalue weighted by Crippen LogP contribution is -2.43. The summed E-state index contributed by atoms with van der Waals surface area (Å²) in [7, 11) is 0. The minimum atomic E-state index is -0.195. The van der Waals surface area contributed by atoms with E-state index < -0.39 is 0 Å². The summed E-state index contributed by atoms with van der Waals surface area (Å²) in [6, 6.07) is 2.94. The summed E-state index contributed by atoms with van der Waals surface area (Å²) in [5.74, 6) is -0.0109. The standard InChI is InChI=1S/C14H21N3O2/c1-14(2)5-7-16(8-6-14)13(19)10-17-9-11(15)3-4-12(17)18/h3-4,9H,5-8,10,15H2,1-2H3. The third-order valence-corrected chi connectivity index (χ3v) is 3.78. The van der Waals surface area contributed by atoms with Crippen molar-refractivity contribution in [1.29, 1.82) is 0 Å². The van der Waals surface area contributed by atoms with Gasteiger partial charge in [0.05, 0.1) is 0 Å². The van der Waals surface area contributed by atoms with Crippen molar-refractivity contribution < 1.29 is 4.79 Å². The second-order valence-electron chi connectivity index (χ2n) is 5.97. The number of hydrogen-bond donors (Lipinski definition) is 1. The van der Waals surface area contributed by atoms with Gasteiger partial charge >= 0.3 is 0 Å². The van der Waals surface area contributed by atoms with E-state index in [1.54, 1.807) is 6.07 Å². The molecule has 1 fully saturated rings. The topological polar surface area (TPSA) is 68.3 Å². The number of nitrogens with two attached hydrogens (primary N) is 1. The van der Waals surface area contributed by atoms with Crippen LogP contribution in [-0.2, 0) is 11.3 Å². The minimum absolute atomic E-state index is 0.0109. The van der Waals surface area contributed by atoms with Gasteiger partial charge in [-0.3, -0.25) is 9.59 Å². The van der Waals surface area contributed by atoms with Crippen LogP contribution in [0.15, 0.2) is 23.1 Å². The number of carbonyl (C=O) groups excluding carboxylic acids is 1. The van der Waals surface area contributed by atoms with Crippen LogP contribution in [0, 0.1) is 5.41 Å². The van der Waals surface area contributed by atoms with Crippen molar-refractivity contribution in [3.8, 4) is 0 Å². The molecule has 0 bridgehead atoms. The highest BCUT2D eigenvalue weighted by molar-refractivity contribution is 5.76. The van der Waals surface area contributed by atoms with E-state index in [4.69, 9.17) is 5.73 Å². The highest BCUT2D eigenvalue weighted by atomic mass is 16.2. The van der Waals surface area contributed by atoms with Gasteiger partial charge in [0.25, 0.3) is 5.56 Å². The van der Waals surface area contributed by atoms with Crippen molar-refractivity contribution in [3.63, 3.8) is 0 Å². The molecular weight excluding hydrogens is 242 g/mol. The molecule has 1 aromatic heterocycles. The number of likely N-dealkylation sites (tertiary alicyclic amines) is 1. The van der Waals surface area contributed by atoms with Crippen molar-refractivity contribution in [2.24, 2.45) is 5.41 Å². The largest absolute Gasteiger partial charge is 0.398 e. The molecule has 1 saturated heterocycles. The van der Waals surface area contributed by atoms with Gasteiger partial charge in [0.2, 0.25) is 5.91 Å². The van der Waals surface area contributed by atoms with E-state index in [9.17, 15) is 9.59 Å². The molecule has 2 N–H and O–H groups in total. The number of anilines is 1. The number of nitrogen functional groups attached to an aromatic ring is 1. The Labute approximate surface area is 113 Å². The number of hydrogen-bond acceptors (Lipinski definition) is 3. The van der Waals surface area contributed by atoms with Gasteiger partial charge < -0.3 is 15.2 Å². The fraction of sp³-hybridized carbons (Fsp3) is 0.571. The Kier molecular flexibility index (Phi) is 3.64. The summed E-state index contributed by atoms with van der Waals surface area (Å²) in [6.07, 6.45) is 3.53. The number of aromatic nitrogens is 1. The number of nitrogens with zero attached hydrogens (tertiary/aromatic N) is 2. The van der Waals surface area contributed by atoms with Crippen LogP contribution in [-0.4, -0.2) is 28.5 Å². The van der Waals surface area contributed by atoms with Gasteiger partial charge in [-0.15, -0.1) is 0 Å². The Bertz CT molecular complexity index is 524. The molecule has 0 spiro atoms. The van der Waals surface area contributed by atoms with Crippen LogP contribution in [0.3, 0.4) is 0 Å². The summed E-state index contributed by atoms with van der Waals surface area (Å²) >= 11 is 0. The molecule has 0 aromatic carbocycles. The molecular formula is C14H21N3O2. The zero-order valence-corrected chi connectivity index (χ0v) is 11.6. The van der Waals surface area contributed by atoms with Crippen molar-refractivity contribution in [2.75, 3.05) is 18.8 Å². The van der Waals surface area contributed by atoms with E-state index >= 15 is 0 Å². The second kappa shape index (κ2) is 5.07. The number of pyridine rings is 1. The third kappa shape index (κ3) is 3.36. The molecule has 1 aliphatic rings. The predicted molar refractivity (Wildman–Crippen MR) is 74.7 cm³/mol. The SMILES string of the molecule is CC1(C)CCN(C(=O)Cn2cc(N)ccc2=O)CC1. The predicted octanol–water partition coefficient (Wildman–Crippen LogP) is 1.08. The minimum Gasteiger partial charge on any atom is -0.398 e. The van der Waals surface area contributed by atoms with Crippen LogP contribution in [0.4, 0.5) is 5.69 Å². The zero-order chi connectivity index (χ0) is 14.0. The summed E-state index contributed by atoms with van der Waals surface area (Å²) in [6.45, 7) is 6.05. The van der Waals surface area contributed by atoms with E-state index in [-0.39, 0.29) is 18.0 Å². The Morgan fingerprint density at radius 2 is 1.95 bits per heavy atom. The number of carbonyl (C=O) groups is 1. The molecule has 5 heteroatoms. The lowest BCUT2D eigenvalue weighted by Gasteiger charge is -2.37. The molecule has 0 aliphatic carbocycles. The first kappa shape index (κ1) is 13.6. The molecule has 5 nitrogen and oxygen atoms in total. The monoisotopic (exact) mass is 263 g/mol. The van der Waals surface area contributed by atoms with Crippen molar-refractivity contribution >= 4 is 11.6 Å². The maximum absolute atomic E-state index is 12.2. The molecule has 1 aliphatic heterocycles. The molecule has 0 unspecified atom stereocenters. The molecule has 2 heterocycles. The number of rotatable bonds is 2. The maximum Gasteiger partial charge on any atom is 0.251 e. The van der Waals surface area contributed by atoms with Gasteiger partial charge in [-0.1, -0.05) is 13.8 Å². The Morgan fingerprint density at radius 1 is 1.32 bits per heavy atom. The van der Waals surface area contributed by atoms with E-state index in [1.807, 2.05) is 4.90 Å². The van der Waals surface area contributed by atoms with Gasteiger partial charge in [-0.05, 0) is 24.3 Å². The third-order valence-electron chi connectivity index (χ3n) is 3.78. The van der Waals surface area contributed by atoms with Crippen LogP contribution in [0.2, 0.25) is 0 Å². The molecule has 0 radical (unpaired) electrons. The van der Waals surface area contributed by atoms with Gasteiger partial charge in [-0.2, -0.15) is 0 Å². The van der Waals surface area contributed by atoms with Crippen molar-refractivity contribution in [1.82, 2.24) is 9.47 Å². The Morgan fingerprint density at radius 3 is 2.58 bits per heavy atom. The molecule has 0 atom stereocenters. The second-order valence-corrected chi connectivity index (χ2v) is 5.97. The molecule has 104 valence electrons. The smallest absolute Gasteiger partial charge is 0.251 e. The van der Waals surface area contributed by atoms with Crippen LogP contribution in [0.5, 0.6) is 0 Å². The highest BCUT2D eigenvalue weighted by Gasteiger charge is 2.27. The molecule has 0 saturated carbocycles. The molecule has 2 rings (SSSR count). The van der Waals surface area contributed by atoms with Gasteiger partial charge in [0, 0.05) is 31.0 Å². The highest BCUT2D eigenvalue weighted by Crippen LogP contribution is 2.29. The number of amides is 1. The normalized spacial score (nSPS) is 18.3. The van der Waals surface area contributed by atoms with Crippen molar-refractivity contribution in [3.05, 3.63) is 28.7 Å². The summed E-state index contributed by atoms with van der Waals surface area (Å²) in [5, 5.41) is 0. The lowest BCUT2D eigenvalue weighted by atomic mass is 9.83.